The fourth-order valence-corrected chi connectivity index (χ4v) is 2.82. The highest BCUT2D eigenvalue weighted by Crippen LogP contribution is 2.31. The second kappa shape index (κ2) is 12.4. The Morgan fingerprint density at radius 3 is 2.00 bits per heavy atom. The van der Waals surface area contributed by atoms with Gasteiger partial charge in [0.25, 0.3) is 0 Å². The van der Waals surface area contributed by atoms with Crippen molar-refractivity contribution in [2.24, 2.45) is 0 Å². The van der Waals surface area contributed by atoms with Crippen molar-refractivity contribution in [1.82, 2.24) is 20.4 Å². The Hall–Kier alpha value is -3.03. The van der Waals surface area contributed by atoms with E-state index >= 15 is 0 Å². The van der Waals surface area contributed by atoms with Crippen molar-refractivity contribution in [2.45, 2.75) is 32.7 Å². The third-order valence-corrected chi connectivity index (χ3v) is 4.07. The Bertz CT molecular complexity index is 940. The minimum Gasteiger partial charge on any atom is -0.354 e. The van der Waals surface area contributed by atoms with E-state index in [0.29, 0.717) is 5.75 Å². The van der Waals surface area contributed by atoms with Crippen molar-refractivity contribution in [3.63, 3.8) is 0 Å². The number of aromatic nitrogens is 4. The van der Waals surface area contributed by atoms with Crippen molar-refractivity contribution in [2.75, 3.05) is 0 Å². The molecule has 2 aromatic carbocycles. The monoisotopic (exact) mass is 410 g/mol. The summed E-state index contributed by atoms with van der Waals surface area (Å²) in [5, 5.41) is 12.0. The van der Waals surface area contributed by atoms with Crippen LogP contribution in [0.25, 0.3) is 22.5 Å². The summed E-state index contributed by atoms with van der Waals surface area (Å²) in [7, 11) is 0. The number of rotatable bonds is 6. The van der Waals surface area contributed by atoms with E-state index in [2.05, 4.69) is 20.4 Å². The van der Waals surface area contributed by atoms with Crippen LogP contribution in [0.2, 0.25) is 0 Å². The number of aromatic amines is 2. The summed E-state index contributed by atoms with van der Waals surface area (Å²) in [6.45, 7) is 8.00. The van der Waals surface area contributed by atoms with Gasteiger partial charge in [0.05, 0.1) is 12.0 Å². The Balaban J connectivity index is 0.000000707. The van der Waals surface area contributed by atoms with Crippen molar-refractivity contribution >= 4 is 12.0 Å². The standard InChI is InChI=1S/C18H14N4O2S.2C2H6/c1-3-7-13(8-4-1)17-18(21-22-20-17)14-11-16(19-12-14)25-24-23-15-9-5-2-6-10-15;2*1-2/h1-12,19H,(H,20,21,22);2*1-2H3. The van der Waals surface area contributed by atoms with Gasteiger partial charge in [-0.25, -0.2) is 0 Å². The van der Waals surface area contributed by atoms with Gasteiger partial charge < -0.3 is 9.87 Å². The molecular formula is C22H26N4O2S. The third kappa shape index (κ3) is 6.23. The molecule has 0 aliphatic rings. The van der Waals surface area contributed by atoms with Crippen LogP contribution in [-0.4, -0.2) is 20.4 Å². The molecule has 0 saturated carbocycles. The van der Waals surface area contributed by atoms with Crippen LogP contribution in [0.5, 0.6) is 5.75 Å². The summed E-state index contributed by atoms with van der Waals surface area (Å²) < 4.78 is 5.19. The maximum absolute atomic E-state index is 5.21. The van der Waals surface area contributed by atoms with E-state index in [1.807, 2.05) is 101 Å². The number of nitrogens with one attached hydrogen (secondary N) is 2. The number of para-hydroxylation sites is 1. The zero-order chi connectivity index (χ0) is 20.9. The van der Waals surface area contributed by atoms with Crippen LogP contribution in [0, 0.1) is 0 Å². The molecule has 0 bridgehead atoms. The molecule has 152 valence electrons. The van der Waals surface area contributed by atoms with Gasteiger partial charge in [-0.2, -0.15) is 15.4 Å². The van der Waals surface area contributed by atoms with Crippen LogP contribution < -0.4 is 4.89 Å². The minimum absolute atomic E-state index is 0.643. The quantitative estimate of drug-likeness (QED) is 0.214. The highest BCUT2D eigenvalue weighted by Gasteiger charge is 2.14. The molecule has 0 aliphatic carbocycles. The maximum atomic E-state index is 5.21. The van der Waals surface area contributed by atoms with Gasteiger partial charge in [0.2, 0.25) is 0 Å². The number of benzene rings is 2. The van der Waals surface area contributed by atoms with Crippen LogP contribution in [0.4, 0.5) is 0 Å². The fraction of sp³-hybridized carbons (Fsp3) is 0.182. The van der Waals surface area contributed by atoms with Crippen LogP contribution in [0.3, 0.4) is 0 Å². The topological polar surface area (TPSA) is 75.8 Å². The first kappa shape index (κ1) is 22.3. The molecule has 4 aromatic rings. The number of hydrogen-bond acceptors (Lipinski definition) is 5. The first-order valence-electron chi connectivity index (χ1n) is 9.61. The molecular weight excluding hydrogens is 384 g/mol. The molecule has 0 radical (unpaired) electrons. The lowest BCUT2D eigenvalue weighted by molar-refractivity contribution is -0.0779. The molecule has 2 heterocycles. The highest BCUT2D eigenvalue weighted by atomic mass is 32.2. The van der Waals surface area contributed by atoms with Crippen molar-refractivity contribution in [3.8, 4) is 28.3 Å². The molecule has 6 nitrogen and oxygen atoms in total. The lowest BCUT2D eigenvalue weighted by Gasteiger charge is -2.01. The summed E-state index contributed by atoms with van der Waals surface area (Å²) >= 11 is 1.10. The van der Waals surface area contributed by atoms with Gasteiger partial charge in [0.1, 0.15) is 16.4 Å². The Morgan fingerprint density at radius 2 is 1.34 bits per heavy atom. The molecule has 0 aliphatic heterocycles. The number of nitrogens with zero attached hydrogens (tertiary/aromatic N) is 2. The van der Waals surface area contributed by atoms with Gasteiger partial charge in [0.15, 0.2) is 5.75 Å². The summed E-state index contributed by atoms with van der Waals surface area (Å²) in [5.41, 5.74) is 3.50. The normalized spacial score (nSPS) is 9.66. The summed E-state index contributed by atoms with van der Waals surface area (Å²) in [6.07, 6.45) is 1.86. The first-order valence-corrected chi connectivity index (χ1v) is 10.4. The van der Waals surface area contributed by atoms with Crippen LogP contribution in [-0.2, 0) is 4.33 Å². The lowest BCUT2D eigenvalue weighted by Crippen LogP contribution is -1.88. The third-order valence-electron chi connectivity index (χ3n) is 3.52. The van der Waals surface area contributed by atoms with E-state index in [1.54, 1.807) is 0 Å². The average molecular weight is 411 g/mol. The molecule has 4 rings (SSSR count). The van der Waals surface area contributed by atoms with Crippen molar-refractivity contribution in [1.29, 1.82) is 0 Å². The second-order valence-electron chi connectivity index (χ2n) is 5.19. The molecule has 0 unspecified atom stereocenters. The molecule has 29 heavy (non-hydrogen) atoms. The van der Waals surface area contributed by atoms with E-state index in [-0.39, 0.29) is 0 Å². The lowest BCUT2D eigenvalue weighted by atomic mass is 10.1. The molecule has 2 aromatic heterocycles. The fourth-order valence-electron chi connectivity index (χ4n) is 2.36. The van der Waals surface area contributed by atoms with E-state index in [1.165, 1.54) is 0 Å². The van der Waals surface area contributed by atoms with Gasteiger partial charge in [-0.3, -0.25) is 0 Å². The predicted molar refractivity (Wildman–Crippen MR) is 118 cm³/mol. The molecule has 0 spiro atoms. The zero-order valence-electron chi connectivity index (χ0n) is 17.0. The van der Waals surface area contributed by atoms with Crippen LogP contribution in [0.1, 0.15) is 27.7 Å². The number of hydrogen-bond donors (Lipinski definition) is 2. The van der Waals surface area contributed by atoms with Crippen molar-refractivity contribution in [3.05, 3.63) is 72.9 Å². The first-order chi connectivity index (χ1) is 14.4. The Morgan fingerprint density at radius 1 is 0.759 bits per heavy atom. The van der Waals surface area contributed by atoms with E-state index in [9.17, 15) is 0 Å². The largest absolute Gasteiger partial charge is 0.354 e. The molecule has 0 fully saturated rings. The Labute approximate surface area is 175 Å². The van der Waals surface area contributed by atoms with Crippen LogP contribution >= 0.6 is 12.0 Å². The highest BCUT2D eigenvalue weighted by molar-refractivity contribution is 7.94. The summed E-state index contributed by atoms with van der Waals surface area (Å²) in [4.78, 5) is 8.35. The molecule has 2 N–H and O–H groups in total. The number of H-pyrrole nitrogens is 2. The Kier molecular flexibility index (Phi) is 9.54. The SMILES string of the molecule is CC.CC.c1ccc(OOSc2cc(-c3n[nH]nc3-c3ccccc3)c[nH]2)cc1. The molecule has 0 saturated heterocycles. The van der Waals surface area contributed by atoms with Gasteiger partial charge in [-0.05, 0) is 18.2 Å². The predicted octanol–water partition coefficient (Wildman–Crippen LogP) is 6.54. The van der Waals surface area contributed by atoms with Crippen LogP contribution in [0.15, 0.2) is 78.0 Å². The van der Waals surface area contributed by atoms with Gasteiger partial charge >= 0.3 is 0 Å². The molecule has 0 amide bonds. The van der Waals surface area contributed by atoms with Crippen molar-refractivity contribution < 1.29 is 9.22 Å². The van der Waals surface area contributed by atoms with Gasteiger partial charge in [-0.15, -0.1) is 4.33 Å². The summed E-state index contributed by atoms with van der Waals surface area (Å²) in [5.74, 6) is 0.643. The minimum atomic E-state index is 0.643. The maximum Gasteiger partial charge on any atom is 0.166 e. The molecule has 0 atom stereocenters. The second-order valence-corrected chi connectivity index (χ2v) is 5.93. The van der Waals surface area contributed by atoms with Gasteiger partial charge in [0, 0.05) is 17.3 Å². The molecule has 7 heteroatoms. The zero-order valence-corrected chi connectivity index (χ0v) is 17.9. The van der Waals surface area contributed by atoms with E-state index in [4.69, 9.17) is 9.22 Å². The van der Waals surface area contributed by atoms with Gasteiger partial charge in [-0.1, -0.05) is 76.2 Å². The smallest absolute Gasteiger partial charge is 0.166 e. The average Bonchev–Trinajstić information content (AvgIpc) is 3.47. The van der Waals surface area contributed by atoms with E-state index < -0.39 is 0 Å². The summed E-state index contributed by atoms with van der Waals surface area (Å²) in [6, 6.07) is 21.2. The van der Waals surface area contributed by atoms with E-state index in [0.717, 1.165) is 39.6 Å².